The largest absolute Gasteiger partial charge is 0.307 e. The molecule has 0 saturated carbocycles. The fourth-order valence-electron chi connectivity index (χ4n) is 1.88. The molecule has 0 saturated heterocycles. The van der Waals surface area contributed by atoms with E-state index in [1.807, 2.05) is 61.5 Å². The van der Waals surface area contributed by atoms with Gasteiger partial charge in [0.15, 0.2) is 0 Å². The van der Waals surface area contributed by atoms with Crippen LogP contribution in [0.15, 0.2) is 54.6 Å². The van der Waals surface area contributed by atoms with E-state index >= 15 is 0 Å². The summed E-state index contributed by atoms with van der Waals surface area (Å²) in [6, 6.07) is 17.8. The Labute approximate surface area is 118 Å². The number of hydrogen-bond acceptors (Lipinski definition) is 1. The molecule has 0 radical (unpaired) electrons. The van der Waals surface area contributed by atoms with Crippen LogP contribution in [0.5, 0.6) is 0 Å². The van der Waals surface area contributed by atoms with Gasteiger partial charge in [-0.25, -0.2) is 0 Å². The molecule has 3 heteroatoms. The molecule has 1 amide bonds. The Hall–Kier alpha value is -1.80. The van der Waals surface area contributed by atoms with E-state index in [-0.39, 0.29) is 11.8 Å². The van der Waals surface area contributed by atoms with Crippen molar-refractivity contribution >= 4 is 23.2 Å². The highest BCUT2D eigenvalue weighted by atomic mass is 35.5. The van der Waals surface area contributed by atoms with Gasteiger partial charge in [-0.15, -0.1) is 11.6 Å². The minimum absolute atomic E-state index is 0.0131. The zero-order valence-corrected chi connectivity index (χ0v) is 11.6. The zero-order valence-electron chi connectivity index (χ0n) is 10.8. The summed E-state index contributed by atoms with van der Waals surface area (Å²) in [7, 11) is 0. The number of alkyl halides is 1. The lowest BCUT2D eigenvalue weighted by Crippen LogP contribution is -2.31. The van der Waals surface area contributed by atoms with Gasteiger partial charge < -0.3 is 4.90 Å². The molecule has 0 aromatic heterocycles. The van der Waals surface area contributed by atoms with E-state index in [0.29, 0.717) is 6.54 Å². The molecule has 2 aromatic rings. The Morgan fingerprint density at radius 2 is 1.68 bits per heavy atom. The van der Waals surface area contributed by atoms with Crippen LogP contribution in [0.4, 0.5) is 5.69 Å². The third-order valence-electron chi connectivity index (χ3n) is 2.94. The maximum absolute atomic E-state index is 12.0. The standard InChI is InChI=1S/C16H16ClNO/c1-13-7-9-14(10-8-13)12-18(16(19)11-17)15-5-3-2-4-6-15/h2-10H,11-12H2,1H3. The van der Waals surface area contributed by atoms with Crippen LogP contribution in [0, 0.1) is 6.92 Å². The van der Waals surface area contributed by atoms with Crippen LogP contribution in [-0.4, -0.2) is 11.8 Å². The summed E-state index contributed by atoms with van der Waals surface area (Å²) in [4.78, 5) is 13.7. The lowest BCUT2D eigenvalue weighted by atomic mass is 10.1. The molecule has 0 N–H and O–H groups in total. The highest BCUT2D eigenvalue weighted by molar-refractivity contribution is 6.29. The van der Waals surface area contributed by atoms with Gasteiger partial charge in [0.05, 0.1) is 6.54 Å². The molecule has 0 aliphatic heterocycles. The molecule has 0 spiro atoms. The van der Waals surface area contributed by atoms with Crippen molar-refractivity contribution in [3.05, 3.63) is 65.7 Å². The van der Waals surface area contributed by atoms with Gasteiger partial charge in [-0.1, -0.05) is 48.0 Å². The molecule has 0 fully saturated rings. The molecule has 0 atom stereocenters. The van der Waals surface area contributed by atoms with E-state index in [1.54, 1.807) is 4.90 Å². The second kappa shape index (κ2) is 6.39. The molecular formula is C16H16ClNO. The van der Waals surface area contributed by atoms with Gasteiger partial charge in [-0.3, -0.25) is 4.79 Å². The minimum Gasteiger partial charge on any atom is -0.307 e. The number of carbonyl (C=O) groups is 1. The molecule has 0 aliphatic rings. The van der Waals surface area contributed by atoms with Gasteiger partial charge in [0.25, 0.3) is 0 Å². The summed E-state index contributed by atoms with van der Waals surface area (Å²) in [5.41, 5.74) is 3.17. The highest BCUT2D eigenvalue weighted by Gasteiger charge is 2.14. The second-order valence-corrected chi connectivity index (χ2v) is 4.70. The van der Waals surface area contributed by atoms with Crippen LogP contribution in [-0.2, 0) is 11.3 Å². The first-order valence-electron chi connectivity index (χ1n) is 6.17. The summed E-state index contributed by atoms with van der Waals surface area (Å²) in [5.74, 6) is -0.103. The smallest absolute Gasteiger partial charge is 0.242 e. The Bertz CT molecular complexity index is 536. The van der Waals surface area contributed by atoms with E-state index in [2.05, 4.69) is 0 Å². The fourth-order valence-corrected chi connectivity index (χ4v) is 2.02. The summed E-state index contributed by atoms with van der Waals surface area (Å²) < 4.78 is 0. The monoisotopic (exact) mass is 273 g/mol. The first-order valence-corrected chi connectivity index (χ1v) is 6.71. The summed E-state index contributed by atoms with van der Waals surface area (Å²) in [5, 5.41) is 0. The summed E-state index contributed by atoms with van der Waals surface area (Å²) in [6.45, 7) is 2.58. The zero-order chi connectivity index (χ0) is 13.7. The molecule has 2 rings (SSSR count). The quantitative estimate of drug-likeness (QED) is 0.777. The topological polar surface area (TPSA) is 20.3 Å². The molecule has 98 valence electrons. The molecule has 2 nitrogen and oxygen atoms in total. The van der Waals surface area contributed by atoms with Gasteiger partial charge >= 0.3 is 0 Å². The fraction of sp³-hybridized carbons (Fsp3) is 0.188. The number of anilines is 1. The van der Waals surface area contributed by atoms with Crippen molar-refractivity contribution in [2.75, 3.05) is 10.8 Å². The molecule has 2 aromatic carbocycles. The Morgan fingerprint density at radius 3 is 2.26 bits per heavy atom. The van der Waals surface area contributed by atoms with Crippen LogP contribution in [0.1, 0.15) is 11.1 Å². The Balaban J connectivity index is 2.24. The molecule has 0 heterocycles. The van der Waals surface area contributed by atoms with Crippen LogP contribution in [0.2, 0.25) is 0 Å². The maximum atomic E-state index is 12.0. The molecule has 19 heavy (non-hydrogen) atoms. The third-order valence-corrected chi connectivity index (χ3v) is 3.17. The lowest BCUT2D eigenvalue weighted by molar-refractivity contribution is -0.116. The van der Waals surface area contributed by atoms with E-state index < -0.39 is 0 Å². The number of rotatable bonds is 4. The van der Waals surface area contributed by atoms with Gasteiger partial charge in [0.2, 0.25) is 5.91 Å². The van der Waals surface area contributed by atoms with Gasteiger partial charge in [0.1, 0.15) is 5.88 Å². The van der Waals surface area contributed by atoms with Crippen LogP contribution < -0.4 is 4.90 Å². The van der Waals surface area contributed by atoms with E-state index in [1.165, 1.54) is 5.56 Å². The van der Waals surface area contributed by atoms with Gasteiger partial charge in [0, 0.05) is 5.69 Å². The van der Waals surface area contributed by atoms with Crippen molar-refractivity contribution in [3.8, 4) is 0 Å². The first kappa shape index (κ1) is 13.6. The Morgan fingerprint density at radius 1 is 1.05 bits per heavy atom. The van der Waals surface area contributed by atoms with E-state index in [0.717, 1.165) is 11.3 Å². The van der Waals surface area contributed by atoms with Crippen molar-refractivity contribution in [1.29, 1.82) is 0 Å². The number of carbonyl (C=O) groups excluding carboxylic acids is 1. The number of aryl methyl sites for hydroxylation is 1. The van der Waals surface area contributed by atoms with Crippen molar-refractivity contribution in [3.63, 3.8) is 0 Å². The minimum atomic E-state index is -0.0894. The average Bonchev–Trinajstić information content (AvgIpc) is 2.47. The average molecular weight is 274 g/mol. The van der Waals surface area contributed by atoms with Crippen molar-refractivity contribution < 1.29 is 4.79 Å². The van der Waals surface area contributed by atoms with Crippen LogP contribution in [0.25, 0.3) is 0 Å². The number of hydrogen-bond donors (Lipinski definition) is 0. The van der Waals surface area contributed by atoms with Crippen LogP contribution >= 0.6 is 11.6 Å². The number of nitrogens with zero attached hydrogens (tertiary/aromatic N) is 1. The van der Waals surface area contributed by atoms with E-state index in [9.17, 15) is 4.79 Å². The van der Waals surface area contributed by atoms with Gasteiger partial charge in [-0.2, -0.15) is 0 Å². The predicted octanol–water partition coefficient (Wildman–Crippen LogP) is 3.77. The normalized spacial score (nSPS) is 10.2. The number of benzene rings is 2. The molecule has 0 unspecified atom stereocenters. The summed E-state index contributed by atoms with van der Waals surface area (Å²) >= 11 is 5.70. The predicted molar refractivity (Wildman–Crippen MR) is 79.5 cm³/mol. The Kier molecular flexibility index (Phi) is 4.58. The summed E-state index contributed by atoms with van der Waals surface area (Å²) in [6.07, 6.45) is 0. The SMILES string of the molecule is Cc1ccc(CN(C(=O)CCl)c2ccccc2)cc1. The number of para-hydroxylation sites is 1. The number of amides is 1. The lowest BCUT2D eigenvalue weighted by Gasteiger charge is -2.22. The number of halogens is 1. The molecular weight excluding hydrogens is 258 g/mol. The van der Waals surface area contributed by atoms with Gasteiger partial charge in [-0.05, 0) is 24.6 Å². The van der Waals surface area contributed by atoms with Crippen molar-refractivity contribution in [2.24, 2.45) is 0 Å². The maximum Gasteiger partial charge on any atom is 0.242 e. The first-order chi connectivity index (χ1) is 9.20. The second-order valence-electron chi connectivity index (χ2n) is 4.43. The third kappa shape index (κ3) is 3.58. The van der Waals surface area contributed by atoms with Crippen molar-refractivity contribution in [2.45, 2.75) is 13.5 Å². The van der Waals surface area contributed by atoms with Crippen molar-refractivity contribution in [1.82, 2.24) is 0 Å². The van der Waals surface area contributed by atoms with Crippen LogP contribution in [0.3, 0.4) is 0 Å². The van der Waals surface area contributed by atoms with E-state index in [4.69, 9.17) is 11.6 Å². The highest BCUT2D eigenvalue weighted by Crippen LogP contribution is 2.17. The molecule has 0 bridgehead atoms. The molecule has 0 aliphatic carbocycles.